The second-order valence-electron chi connectivity index (χ2n) is 8.92. The van der Waals surface area contributed by atoms with Gasteiger partial charge in [-0.2, -0.15) is 0 Å². The number of anilines is 1. The van der Waals surface area contributed by atoms with Crippen molar-refractivity contribution < 1.29 is 26.7 Å². The Balaban J connectivity index is 1.98. The smallest absolute Gasteiger partial charge is 0.265 e. The fourth-order valence-corrected chi connectivity index (χ4v) is 4.43. The van der Waals surface area contributed by atoms with E-state index in [0.29, 0.717) is 34.5 Å². The van der Waals surface area contributed by atoms with Crippen LogP contribution in [0.15, 0.2) is 60.7 Å². The number of halogens is 2. The Hall–Kier alpha value is -3.92. The molecule has 1 aromatic heterocycles. The van der Waals surface area contributed by atoms with Crippen LogP contribution in [0.1, 0.15) is 24.3 Å². The summed E-state index contributed by atoms with van der Waals surface area (Å²) in [4.78, 5) is 12.4. The van der Waals surface area contributed by atoms with E-state index in [0.717, 1.165) is 18.4 Å². The van der Waals surface area contributed by atoms with Gasteiger partial charge in [0, 0.05) is 23.1 Å². The molecule has 0 saturated carbocycles. The van der Waals surface area contributed by atoms with E-state index in [2.05, 4.69) is 4.72 Å². The highest BCUT2D eigenvalue weighted by Crippen LogP contribution is 2.34. The molecule has 4 aromatic rings. The minimum Gasteiger partial charge on any atom is -0.493 e. The first-order chi connectivity index (χ1) is 16.9. The van der Waals surface area contributed by atoms with Gasteiger partial charge in [-0.3, -0.25) is 9.52 Å². The van der Waals surface area contributed by atoms with Gasteiger partial charge in [-0.25, -0.2) is 17.2 Å². The Kier molecular flexibility index (Phi) is 6.73. The number of ether oxygens (including phenoxy) is 1. The zero-order chi connectivity index (χ0) is 26.2. The van der Waals surface area contributed by atoms with E-state index in [1.165, 1.54) is 6.07 Å². The third-order valence-electron chi connectivity index (χ3n) is 5.34. The fourth-order valence-electron chi connectivity index (χ4n) is 3.88. The average molecular weight is 514 g/mol. The molecule has 0 bridgehead atoms. The predicted molar refractivity (Wildman–Crippen MR) is 136 cm³/mol. The molecule has 7 nitrogen and oxygen atoms in total. The van der Waals surface area contributed by atoms with Crippen LogP contribution in [0.5, 0.6) is 5.75 Å². The lowest BCUT2D eigenvalue weighted by Gasteiger charge is -2.16. The van der Waals surface area contributed by atoms with Gasteiger partial charge in [-0.05, 0) is 53.9 Å². The molecule has 0 aliphatic heterocycles. The lowest BCUT2D eigenvalue weighted by atomic mass is 10.0. The van der Waals surface area contributed by atoms with Crippen LogP contribution in [0.2, 0.25) is 0 Å². The molecule has 0 aliphatic carbocycles. The summed E-state index contributed by atoms with van der Waals surface area (Å²) in [5.74, 6) is -1.57. The molecule has 0 atom stereocenters. The van der Waals surface area contributed by atoms with Gasteiger partial charge in [0.2, 0.25) is 10.0 Å². The number of nitrogens with one attached hydrogen (secondary N) is 1. The molecule has 0 fully saturated rings. The first-order valence-electron chi connectivity index (χ1n) is 11.1. The van der Waals surface area contributed by atoms with Crippen LogP contribution in [0, 0.1) is 17.6 Å². The Morgan fingerprint density at radius 3 is 2.44 bits per heavy atom. The van der Waals surface area contributed by atoms with E-state index in [-0.39, 0.29) is 22.9 Å². The zero-order valence-electron chi connectivity index (χ0n) is 19.9. The lowest BCUT2D eigenvalue weighted by Crippen LogP contribution is -2.16. The number of hydrogen-bond acceptors (Lipinski definition) is 4. The van der Waals surface area contributed by atoms with Crippen molar-refractivity contribution in [3.05, 3.63) is 78.0 Å². The van der Waals surface area contributed by atoms with Crippen molar-refractivity contribution in [1.82, 2.24) is 4.57 Å². The average Bonchev–Trinajstić information content (AvgIpc) is 3.15. The van der Waals surface area contributed by atoms with Crippen LogP contribution in [0.3, 0.4) is 0 Å². The van der Waals surface area contributed by atoms with Crippen LogP contribution in [-0.4, -0.2) is 31.8 Å². The fraction of sp³-hybridized carbons (Fsp3) is 0.192. The molecule has 1 amide bonds. The van der Waals surface area contributed by atoms with E-state index in [9.17, 15) is 22.0 Å². The number of carbonyl (C=O) groups is 1. The van der Waals surface area contributed by atoms with Gasteiger partial charge in [-0.1, -0.05) is 19.9 Å². The molecule has 0 saturated heterocycles. The van der Waals surface area contributed by atoms with Gasteiger partial charge in [0.1, 0.15) is 23.1 Å². The maximum absolute atomic E-state index is 14.7. The highest BCUT2D eigenvalue weighted by molar-refractivity contribution is 7.92. The van der Waals surface area contributed by atoms with Crippen LogP contribution in [-0.2, 0) is 10.0 Å². The minimum absolute atomic E-state index is 0.132. The van der Waals surface area contributed by atoms with Crippen LogP contribution in [0.4, 0.5) is 14.5 Å². The molecule has 10 heteroatoms. The molecule has 0 spiro atoms. The molecular weight excluding hydrogens is 488 g/mol. The second kappa shape index (κ2) is 9.62. The molecule has 0 unspecified atom stereocenters. The second-order valence-corrected chi connectivity index (χ2v) is 10.7. The first kappa shape index (κ1) is 25.2. The predicted octanol–water partition coefficient (Wildman–Crippen LogP) is 5.08. The molecule has 3 N–H and O–H groups in total. The number of rotatable bonds is 8. The highest BCUT2D eigenvalue weighted by Gasteiger charge is 2.18. The number of nitrogens with zero attached hydrogens (tertiary/aromatic N) is 1. The molecule has 0 radical (unpaired) electrons. The van der Waals surface area contributed by atoms with Crippen molar-refractivity contribution in [2.45, 2.75) is 13.8 Å². The van der Waals surface area contributed by atoms with Crippen LogP contribution < -0.4 is 15.2 Å². The number of nitrogens with two attached hydrogens (primary N) is 1. The largest absolute Gasteiger partial charge is 0.493 e. The van der Waals surface area contributed by atoms with Gasteiger partial charge >= 0.3 is 0 Å². The number of primary amides is 1. The molecule has 0 aliphatic rings. The number of amides is 1. The van der Waals surface area contributed by atoms with Crippen molar-refractivity contribution in [2.24, 2.45) is 11.7 Å². The van der Waals surface area contributed by atoms with Crippen molar-refractivity contribution in [3.63, 3.8) is 0 Å². The maximum Gasteiger partial charge on any atom is 0.265 e. The molecular formula is C26H25F2N3O4S. The Morgan fingerprint density at radius 1 is 1.06 bits per heavy atom. The zero-order valence-corrected chi connectivity index (χ0v) is 20.7. The summed E-state index contributed by atoms with van der Waals surface area (Å²) < 4.78 is 61.7. The normalized spacial score (nSPS) is 11.7. The van der Waals surface area contributed by atoms with Gasteiger partial charge in [0.05, 0.1) is 29.8 Å². The SMILES string of the molecule is CC(C)COc1cc(-c2ccc(F)cc2F)cc(-n2c(C(N)=O)cc3ccc(NS(C)(=O)=O)cc32)c1. The number of fused-ring (bicyclic) bond motifs is 1. The summed E-state index contributed by atoms with van der Waals surface area (Å²) >= 11 is 0. The van der Waals surface area contributed by atoms with Crippen LogP contribution >= 0.6 is 0 Å². The summed E-state index contributed by atoms with van der Waals surface area (Å²) in [6.45, 7) is 4.34. The van der Waals surface area contributed by atoms with Gasteiger partial charge in [0.15, 0.2) is 0 Å². The monoisotopic (exact) mass is 513 g/mol. The van der Waals surface area contributed by atoms with Crippen molar-refractivity contribution in [3.8, 4) is 22.6 Å². The van der Waals surface area contributed by atoms with Crippen LogP contribution in [0.25, 0.3) is 27.7 Å². The Morgan fingerprint density at radius 2 is 1.81 bits per heavy atom. The summed E-state index contributed by atoms with van der Waals surface area (Å²) in [7, 11) is -3.55. The van der Waals surface area contributed by atoms with Crippen molar-refractivity contribution in [2.75, 3.05) is 17.6 Å². The number of benzene rings is 3. The van der Waals surface area contributed by atoms with E-state index in [4.69, 9.17) is 10.5 Å². The quantitative estimate of drug-likeness (QED) is 0.343. The number of aromatic nitrogens is 1. The number of carbonyl (C=O) groups excluding carboxylic acids is 1. The van der Waals surface area contributed by atoms with Gasteiger partial charge in [-0.15, -0.1) is 0 Å². The molecule has 36 heavy (non-hydrogen) atoms. The number of sulfonamides is 1. The molecule has 3 aromatic carbocycles. The topological polar surface area (TPSA) is 103 Å². The molecule has 4 rings (SSSR count). The van der Waals surface area contributed by atoms with E-state index in [1.807, 2.05) is 13.8 Å². The molecule has 188 valence electrons. The minimum atomic E-state index is -3.55. The van der Waals surface area contributed by atoms with E-state index >= 15 is 0 Å². The van der Waals surface area contributed by atoms with E-state index < -0.39 is 27.6 Å². The molecule has 1 heterocycles. The lowest BCUT2D eigenvalue weighted by molar-refractivity contribution is 0.0994. The van der Waals surface area contributed by atoms with Gasteiger partial charge < -0.3 is 15.0 Å². The number of hydrogen-bond donors (Lipinski definition) is 2. The van der Waals surface area contributed by atoms with Gasteiger partial charge in [0.25, 0.3) is 5.91 Å². The van der Waals surface area contributed by atoms with E-state index in [1.54, 1.807) is 47.0 Å². The summed E-state index contributed by atoms with van der Waals surface area (Å²) in [5, 5.41) is 0.630. The summed E-state index contributed by atoms with van der Waals surface area (Å²) in [5.41, 5.74) is 7.55. The Bertz CT molecular complexity index is 1580. The van der Waals surface area contributed by atoms with Crippen molar-refractivity contribution in [1.29, 1.82) is 0 Å². The first-order valence-corrected chi connectivity index (χ1v) is 13.0. The summed E-state index contributed by atoms with van der Waals surface area (Å²) in [6, 6.07) is 14.6. The van der Waals surface area contributed by atoms with Crippen molar-refractivity contribution >= 4 is 32.5 Å². The maximum atomic E-state index is 14.7. The highest BCUT2D eigenvalue weighted by atomic mass is 32.2. The standard InChI is InChI=1S/C26H25F2N3O4S/c1-15(2)14-35-21-9-17(22-7-5-18(27)11-23(22)28)8-20(13-21)31-24-12-19(30-36(3,33)34)6-4-16(24)10-25(31)26(29)32/h4-13,15,30H,14H2,1-3H3,(H2,29,32). The third kappa shape index (κ3) is 5.49. The Labute approximate surface area is 207 Å². The third-order valence-corrected chi connectivity index (χ3v) is 5.94. The summed E-state index contributed by atoms with van der Waals surface area (Å²) in [6.07, 6.45) is 1.03.